The van der Waals surface area contributed by atoms with E-state index in [1.807, 2.05) is 12.5 Å². The predicted molar refractivity (Wildman–Crippen MR) is 118 cm³/mol. The second-order valence-electron chi connectivity index (χ2n) is 7.23. The number of guanidine groups is 1. The maximum Gasteiger partial charge on any atom is 0.194 e. The molecule has 3 heterocycles. The van der Waals surface area contributed by atoms with Gasteiger partial charge in [0, 0.05) is 38.6 Å². The van der Waals surface area contributed by atoms with Crippen LogP contribution in [0.1, 0.15) is 39.2 Å². The second-order valence-corrected chi connectivity index (χ2v) is 7.23. The Labute approximate surface area is 179 Å². The molecule has 0 amide bonds. The molecule has 0 bridgehead atoms. The van der Waals surface area contributed by atoms with Gasteiger partial charge in [0.25, 0.3) is 0 Å². The van der Waals surface area contributed by atoms with Gasteiger partial charge in [0.2, 0.25) is 0 Å². The molecule has 8 heteroatoms. The molecule has 0 aromatic carbocycles. The highest BCUT2D eigenvalue weighted by atomic mass is 127. The average Bonchev–Trinajstić information content (AvgIpc) is 3.35. The van der Waals surface area contributed by atoms with E-state index in [-0.39, 0.29) is 30.1 Å². The summed E-state index contributed by atoms with van der Waals surface area (Å²) < 4.78 is 13.5. The molecule has 3 unspecified atom stereocenters. The number of hydrogen-bond acceptors (Lipinski definition) is 4. The molecule has 0 aliphatic carbocycles. The SMILES string of the molecule is CCNC(=NCCOCC1CCCO1)N1CCC(C)C(n2ccnc2)C1.I. The van der Waals surface area contributed by atoms with E-state index < -0.39 is 0 Å². The Morgan fingerprint density at radius 1 is 1.41 bits per heavy atom. The lowest BCUT2D eigenvalue weighted by molar-refractivity contribution is 0.0199. The molecule has 3 atom stereocenters. The molecule has 2 aliphatic rings. The fraction of sp³-hybridized carbons (Fsp3) is 0.789. The summed E-state index contributed by atoms with van der Waals surface area (Å²) in [4.78, 5) is 11.4. The zero-order valence-corrected chi connectivity index (χ0v) is 18.9. The molecule has 2 aliphatic heterocycles. The van der Waals surface area contributed by atoms with Gasteiger partial charge in [-0.3, -0.25) is 4.99 Å². The molecule has 7 nitrogen and oxygen atoms in total. The number of aliphatic imine (C=N–C) groups is 1. The maximum absolute atomic E-state index is 5.74. The Kier molecular flexibility index (Phi) is 9.84. The first-order valence-electron chi connectivity index (χ1n) is 9.98. The molecule has 27 heavy (non-hydrogen) atoms. The van der Waals surface area contributed by atoms with E-state index in [0.29, 0.717) is 31.7 Å². The molecule has 0 saturated carbocycles. The van der Waals surface area contributed by atoms with Gasteiger partial charge in [-0.25, -0.2) is 4.98 Å². The Morgan fingerprint density at radius 3 is 3.00 bits per heavy atom. The fourth-order valence-electron chi connectivity index (χ4n) is 3.73. The van der Waals surface area contributed by atoms with Crippen LogP contribution in [0.3, 0.4) is 0 Å². The van der Waals surface area contributed by atoms with Crippen LogP contribution in [0.15, 0.2) is 23.7 Å². The maximum atomic E-state index is 5.74. The van der Waals surface area contributed by atoms with Gasteiger partial charge < -0.3 is 24.3 Å². The van der Waals surface area contributed by atoms with E-state index in [0.717, 1.165) is 51.5 Å². The molecule has 2 fully saturated rings. The van der Waals surface area contributed by atoms with Crippen molar-refractivity contribution in [3.63, 3.8) is 0 Å². The minimum atomic E-state index is 0. The van der Waals surface area contributed by atoms with Crippen molar-refractivity contribution in [3.8, 4) is 0 Å². The Balaban J connectivity index is 0.00000261. The smallest absolute Gasteiger partial charge is 0.194 e. The number of likely N-dealkylation sites (tertiary alicyclic amines) is 1. The van der Waals surface area contributed by atoms with Crippen molar-refractivity contribution in [3.05, 3.63) is 18.7 Å². The summed E-state index contributed by atoms with van der Waals surface area (Å²) >= 11 is 0. The first-order chi connectivity index (χ1) is 12.8. The quantitative estimate of drug-likeness (QED) is 0.275. The van der Waals surface area contributed by atoms with Crippen molar-refractivity contribution in [1.29, 1.82) is 0 Å². The highest BCUT2D eigenvalue weighted by molar-refractivity contribution is 14.0. The standard InChI is InChI=1S/C19H33N5O2.HI/c1-3-21-19(22-8-12-25-14-17-5-4-11-26-17)23-9-6-16(2)18(13-23)24-10-7-20-15-24;/h7,10,15-18H,3-6,8-9,11-14H2,1-2H3,(H,21,22);1H. The normalized spacial score (nSPS) is 26.1. The average molecular weight is 491 g/mol. The van der Waals surface area contributed by atoms with Crippen LogP contribution in [0.2, 0.25) is 0 Å². The summed E-state index contributed by atoms with van der Waals surface area (Å²) in [5.74, 6) is 1.63. The van der Waals surface area contributed by atoms with Gasteiger partial charge in [-0.1, -0.05) is 6.92 Å². The van der Waals surface area contributed by atoms with Crippen LogP contribution in [0.5, 0.6) is 0 Å². The fourth-order valence-corrected chi connectivity index (χ4v) is 3.73. The van der Waals surface area contributed by atoms with E-state index in [9.17, 15) is 0 Å². The number of piperidine rings is 1. The Hall–Kier alpha value is -0.870. The van der Waals surface area contributed by atoms with E-state index in [1.54, 1.807) is 0 Å². The number of nitrogens with zero attached hydrogens (tertiary/aromatic N) is 4. The summed E-state index contributed by atoms with van der Waals surface area (Å²) in [5.41, 5.74) is 0. The van der Waals surface area contributed by atoms with E-state index in [2.05, 4.69) is 39.8 Å². The topological polar surface area (TPSA) is 63.9 Å². The van der Waals surface area contributed by atoms with Crippen LogP contribution in [0.25, 0.3) is 0 Å². The van der Waals surface area contributed by atoms with Gasteiger partial charge in [0.05, 0.1) is 38.2 Å². The highest BCUT2D eigenvalue weighted by Crippen LogP contribution is 2.27. The van der Waals surface area contributed by atoms with Crippen molar-refractivity contribution < 1.29 is 9.47 Å². The van der Waals surface area contributed by atoms with Crippen LogP contribution in [-0.2, 0) is 9.47 Å². The van der Waals surface area contributed by atoms with Crippen molar-refractivity contribution in [1.82, 2.24) is 19.8 Å². The molecule has 0 radical (unpaired) electrons. The lowest BCUT2D eigenvalue weighted by atomic mass is 9.93. The van der Waals surface area contributed by atoms with Crippen LogP contribution in [0.4, 0.5) is 0 Å². The number of halogens is 1. The highest BCUT2D eigenvalue weighted by Gasteiger charge is 2.28. The summed E-state index contributed by atoms with van der Waals surface area (Å²) in [6.07, 6.45) is 9.56. The molecule has 0 spiro atoms. The summed E-state index contributed by atoms with van der Waals surface area (Å²) in [6.45, 7) is 10.2. The second kappa shape index (κ2) is 11.9. The predicted octanol–water partition coefficient (Wildman–Crippen LogP) is 2.55. The number of aromatic nitrogens is 2. The van der Waals surface area contributed by atoms with Gasteiger partial charge in [-0.05, 0) is 32.1 Å². The molecule has 1 N–H and O–H groups in total. The molecular formula is C19H34IN5O2. The van der Waals surface area contributed by atoms with E-state index in [1.165, 1.54) is 0 Å². The minimum Gasteiger partial charge on any atom is -0.377 e. The zero-order valence-electron chi connectivity index (χ0n) is 16.5. The van der Waals surface area contributed by atoms with E-state index in [4.69, 9.17) is 14.5 Å². The van der Waals surface area contributed by atoms with Crippen LogP contribution < -0.4 is 5.32 Å². The lowest BCUT2D eigenvalue weighted by Gasteiger charge is -2.39. The lowest BCUT2D eigenvalue weighted by Crippen LogP contribution is -2.49. The first-order valence-corrected chi connectivity index (χ1v) is 9.98. The summed E-state index contributed by atoms with van der Waals surface area (Å²) in [5, 5.41) is 3.44. The monoisotopic (exact) mass is 491 g/mol. The number of ether oxygens (including phenoxy) is 2. The molecule has 3 rings (SSSR count). The van der Waals surface area contributed by atoms with Crippen LogP contribution in [-0.4, -0.2) is 72.5 Å². The summed E-state index contributed by atoms with van der Waals surface area (Å²) in [7, 11) is 0. The minimum absolute atomic E-state index is 0. The third-order valence-electron chi connectivity index (χ3n) is 5.29. The van der Waals surface area contributed by atoms with Gasteiger partial charge in [-0.2, -0.15) is 0 Å². The van der Waals surface area contributed by atoms with Gasteiger partial charge in [0.1, 0.15) is 0 Å². The van der Waals surface area contributed by atoms with E-state index >= 15 is 0 Å². The third-order valence-corrected chi connectivity index (χ3v) is 5.29. The van der Waals surface area contributed by atoms with Gasteiger partial charge in [0.15, 0.2) is 5.96 Å². The number of hydrogen-bond donors (Lipinski definition) is 1. The van der Waals surface area contributed by atoms with Crippen LogP contribution in [0, 0.1) is 5.92 Å². The van der Waals surface area contributed by atoms with Crippen LogP contribution >= 0.6 is 24.0 Å². The van der Waals surface area contributed by atoms with Crippen molar-refractivity contribution in [2.75, 3.05) is 46.0 Å². The molecule has 1 aromatic heterocycles. The zero-order chi connectivity index (χ0) is 18.2. The Morgan fingerprint density at radius 2 is 2.30 bits per heavy atom. The first kappa shape index (κ1) is 22.4. The largest absolute Gasteiger partial charge is 0.377 e. The number of rotatable bonds is 7. The molecule has 154 valence electrons. The summed E-state index contributed by atoms with van der Waals surface area (Å²) in [6, 6.07) is 0.436. The van der Waals surface area contributed by atoms with Crippen molar-refractivity contribution >= 4 is 29.9 Å². The van der Waals surface area contributed by atoms with Crippen molar-refractivity contribution in [2.45, 2.75) is 45.3 Å². The third kappa shape index (κ3) is 6.60. The van der Waals surface area contributed by atoms with Crippen molar-refractivity contribution in [2.24, 2.45) is 10.9 Å². The molecule has 1 aromatic rings. The van der Waals surface area contributed by atoms with Gasteiger partial charge in [-0.15, -0.1) is 24.0 Å². The molecular weight excluding hydrogens is 457 g/mol. The number of nitrogens with one attached hydrogen (secondary N) is 1. The van der Waals surface area contributed by atoms with Gasteiger partial charge >= 0.3 is 0 Å². The number of imidazole rings is 1. The molecule has 2 saturated heterocycles. The Bertz CT molecular complexity index is 548.